The molecule has 2 aromatic rings. The van der Waals surface area contributed by atoms with E-state index in [0.29, 0.717) is 0 Å². The van der Waals surface area contributed by atoms with Crippen molar-refractivity contribution in [3.8, 4) is 0 Å². The van der Waals surface area contributed by atoms with E-state index in [0.717, 1.165) is 0 Å². The van der Waals surface area contributed by atoms with Crippen molar-refractivity contribution in [1.29, 1.82) is 0 Å². The first-order chi connectivity index (χ1) is 9.48. The molecule has 0 aliphatic carbocycles. The van der Waals surface area contributed by atoms with E-state index in [2.05, 4.69) is 11.4 Å². The summed E-state index contributed by atoms with van der Waals surface area (Å²) in [6, 6.07) is 14.2. The molecule has 1 radical (unpaired) electrons. The Hall–Kier alpha value is -2.50. The standard InChI is InChI=1S/C14H10F3N2O/c15-14(16,17)19(12-9-5-2-6-10-12)13(20)18-11-7-3-1-4-8-11/h2-10H,(H,18,20). The number of urea groups is 1. The lowest BCUT2D eigenvalue weighted by Crippen LogP contribution is -2.45. The number of benzene rings is 2. The van der Waals surface area contributed by atoms with Crippen LogP contribution in [0.25, 0.3) is 0 Å². The lowest BCUT2D eigenvalue weighted by atomic mass is 10.3. The number of alkyl halides is 3. The second kappa shape index (κ2) is 5.64. The SMILES string of the molecule is O=C(Nc1cc[c]cc1)N(c1ccccc1)C(F)(F)F. The Bertz CT molecular complexity index is 570. The van der Waals surface area contributed by atoms with Crippen LogP contribution in [0.3, 0.4) is 0 Å². The average Bonchev–Trinajstić information content (AvgIpc) is 2.39. The minimum absolute atomic E-state index is 0.246. The quantitative estimate of drug-likeness (QED) is 0.826. The zero-order chi connectivity index (χ0) is 14.6. The first-order valence-corrected chi connectivity index (χ1v) is 5.67. The first kappa shape index (κ1) is 13.9. The van der Waals surface area contributed by atoms with Gasteiger partial charge in [0, 0.05) is 5.69 Å². The number of rotatable bonds is 2. The second-order valence-corrected chi connectivity index (χ2v) is 3.86. The summed E-state index contributed by atoms with van der Waals surface area (Å²) in [5.41, 5.74) is 0.0129. The second-order valence-electron chi connectivity index (χ2n) is 3.86. The van der Waals surface area contributed by atoms with Gasteiger partial charge in [0.25, 0.3) is 0 Å². The molecule has 0 aromatic heterocycles. The number of nitrogens with one attached hydrogen (secondary N) is 1. The Morgan fingerprint density at radius 1 is 1.05 bits per heavy atom. The molecule has 2 amide bonds. The molecular formula is C14H10F3N2O. The highest BCUT2D eigenvalue weighted by atomic mass is 19.4. The van der Waals surface area contributed by atoms with Crippen LogP contribution in [0.5, 0.6) is 0 Å². The third kappa shape index (κ3) is 3.28. The minimum Gasteiger partial charge on any atom is -0.307 e. The number of hydrogen-bond donors (Lipinski definition) is 1. The van der Waals surface area contributed by atoms with Gasteiger partial charge in [0.15, 0.2) is 0 Å². The molecule has 0 fully saturated rings. The molecule has 3 nitrogen and oxygen atoms in total. The van der Waals surface area contributed by atoms with Crippen molar-refractivity contribution in [3.63, 3.8) is 0 Å². The Balaban J connectivity index is 2.26. The summed E-state index contributed by atoms with van der Waals surface area (Å²) >= 11 is 0. The smallest absolute Gasteiger partial charge is 0.307 e. The minimum atomic E-state index is -4.81. The summed E-state index contributed by atoms with van der Waals surface area (Å²) in [5, 5.41) is 2.19. The van der Waals surface area contributed by atoms with Crippen molar-refractivity contribution in [2.75, 3.05) is 10.2 Å². The number of nitrogens with zero attached hydrogens (tertiary/aromatic N) is 1. The molecule has 0 atom stereocenters. The summed E-state index contributed by atoms with van der Waals surface area (Å²) < 4.78 is 39.1. The van der Waals surface area contributed by atoms with E-state index >= 15 is 0 Å². The Kier molecular flexibility index (Phi) is 3.93. The van der Waals surface area contributed by atoms with Crippen LogP contribution >= 0.6 is 0 Å². The molecule has 6 heteroatoms. The highest BCUT2D eigenvalue weighted by Gasteiger charge is 2.42. The maximum atomic E-state index is 13.0. The van der Waals surface area contributed by atoms with Gasteiger partial charge in [-0.2, -0.15) is 0 Å². The normalized spacial score (nSPS) is 10.9. The van der Waals surface area contributed by atoms with Crippen molar-refractivity contribution >= 4 is 17.4 Å². The van der Waals surface area contributed by atoms with Crippen LogP contribution in [0.2, 0.25) is 0 Å². The Labute approximate surface area is 113 Å². The van der Waals surface area contributed by atoms with E-state index in [1.807, 2.05) is 0 Å². The molecule has 0 saturated heterocycles. The Morgan fingerprint density at radius 3 is 2.20 bits per heavy atom. The first-order valence-electron chi connectivity index (χ1n) is 5.67. The third-order valence-corrected chi connectivity index (χ3v) is 2.44. The molecule has 1 N–H and O–H groups in total. The fourth-order valence-corrected chi connectivity index (χ4v) is 1.61. The van der Waals surface area contributed by atoms with Crippen LogP contribution in [0.4, 0.5) is 29.3 Å². The number of hydrogen-bond acceptors (Lipinski definition) is 1. The molecule has 2 rings (SSSR count). The van der Waals surface area contributed by atoms with Gasteiger partial charge < -0.3 is 5.32 Å². The van der Waals surface area contributed by atoms with E-state index in [4.69, 9.17) is 0 Å². The number of para-hydroxylation sites is 1. The van der Waals surface area contributed by atoms with E-state index in [-0.39, 0.29) is 16.3 Å². The molecule has 103 valence electrons. The number of amides is 2. The maximum absolute atomic E-state index is 13.0. The van der Waals surface area contributed by atoms with Gasteiger partial charge in [-0.1, -0.05) is 30.3 Å². The van der Waals surface area contributed by atoms with Crippen LogP contribution in [0.15, 0.2) is 54.6 Å². The van der Waals surface area contributed by atoms with Gasteiger partial charge in [0.2, 0.25) is 0 Å². The molecular weight excluding hydrogens is 269 g/mol. The van der Waals surface area contributed by atoms with Crippen molar-refractivity contribution < 1.29 is 18.0 Å². The van der Waals surface area contributed by atoms with Crippen LogP contribution in [-0.2, 0) is 0 Å². The molecule has 0 aliphatic heterocycles. The summed E-state index contributed by atoms with van der Waals surface area (Å²) in [5.74, 6) is 0. The van der Waals surface area contributed by atoms with Crippen molar-refractivity contribution in [2.24, 2.45) is 0 Å². The number of carbonyl (C=O) groups excluding carboxylic acids is 1. The lowest BCUT2D eigenvalue weighted by Gasteiger charge is -2.25. The lowest BCUT2D eigenvalue weighted by molar-refractivity contribution is -0.120. The zero-order valence-corrected chi connectivity index (χ0v) is 10.2. The van der Waals surface area contributed by atoms with Crippen LogP contribution < -0.4 is 10.2 Å². The molecule has 0 spiro atoms. The molecule has 2 aromatic carbocycles. The van der Waals surface area contributed by atoms with Crippen molar-refractivity contribution in [3.05, 3.63) is 60.7 Å². The summed E-state index contributed by atoms with van der Waals surface area (Å²) in [7, 11) is 0. The highest BCUT2D eigenvalue weighted by Crippen LogP contribution is 2.29. The monoisotopic (exact) mass is 279 g/mol. The van der Waals surface area contributed by atoms with Crippen molar-refractivity contribution in [2.45, 2.75) is 6.30 Å². The molecule has 0 bridgehead atoms. The zero-order valence-electron chi connectivity index (χ0n) is 10.2. The highest BCUT2D eigenvalue weighted by molar-refractivity contribution is 6.02. The van der Waals surface area contributed by atoms with Gasteiger partial charge >= 0.3 is 12.3 Å². The van der Waals surface area contributed by atoms with E-state index < -0.39 is 12.3 Å². The number of halogens is 3. The van der Waals surface area contributed by atoms with Crippen LogP contribution in [0, 0.1) is 6.07 Å². The number of anilines is 2. The van der Waals surface area contributed by atoms with Crippen LogP contribution in [0.1, 0.15) is 0 Å². The van der Waals surface area contributed by atoms with Gasteiger partial charge in [0.1, 0.15) is 0 Å². The molecule has 0 aliphatic rings. The third-order valence-electron chi connectivity index (χ3n) is 2.44. The molecule has 0 saturated carbocycles. The van der Waals surface area contributed by atoms with Gasteiger partial charge in [0.05, 0.1) is 5.69 Å². The van der Waals surface area contributed by atoms with E-state index in [1.54, 1.807) is 6.07 Å². The fourth-order valence-electron chi connectivity index (χ4n) is 1.61. The molecule has 0 unspecified atom stereocenters. The summed E-state index contributed by atoms with van der Waals surface area (Å²) in [6.45, 7) is 0. The van der Waals surface area contributed by atoms with Gasteiger partial charge in [-0.25, -0.2) is 9.69 Å². The Morgan fingerprint density at radius 2 is 1.65 bits per heavy atom. The predicted molar refractivity (Wildman–Crippen MR) is 69.3 cm³/mol. The molecule has 0 heterocycles. The van der Waals surface area contributed by atoms with Gasteiger partial charge in [-0.3, -0.25) is 0 Å². The van der Waals surface area contributed by atoms with E-state index in [1.165, 1.54) is 48.5 Å². The average molecular weight is 279 g/mol. The van der Waals surface area contributed by atoms with E-state index in [9.17, 15) is 18.0 Å². The number of carbonyl (C=O) groups is 1. The summed E-state index contributed by atoms with van der Waals surface area (Å²) in [4.78, 5) is 11.6. The maximum Gasteiger partial charge on any atom is 0.493 e. The van der Waals surface area contributed by atoms with Crippen LogP contribution in [-0.4, -0.2) is 12.3 Å². The topological polar surface area (TPSA) is 32.3 Å². The molecule has 20 heavy (non-hydrogen) atoms. The van der Waals surface area contributed by atoms with Gasteiger partial charge in [-0.15, -0.1) is 13.2 Å². The summed E-state index contributed by atoms with van der Waals surface area (Å²) in [6.07, 6.45) is -4.81. The predicted octanol–water partition coefficient (Wildman–Crippen LogP) is 4.05. The van der Waals surface area contributed by atoms with Crippen molar-refractivity contribution in [1.82, 2.24) is 0 Å². The van der Waals surface area contributed by atoms with Gasteiger partial charge in [-0.05, 0) is 30.3 Å². The largest absolute Gasteiger partial charge is 0.493 e. The fraction of sp³-hybridized carbons (Fsp3) is 0.0714.